The largest absolute Gasteiger partial charge is 0.394 e. The first-order valence-electron chi connectivity index (χ1n) is 4.80. The fourth-order valence-corrected chi connectivity index (χ4v) is 1.68. The number of hydrogen-bond donors (Lipinski definition) is 3. The smallest absolute Gasteiger partial charge is 0.164 e. The van der Waals surface area contributed by atoms with E-state index in [0.29, 0.717) is 5.69 Å². The molecule has 0 aromatic carbocycles. The molecule has 1 fully saturated rings. The molecule has 86 valence electrons. The van der Waals surface area contributed by atoms with Crippen LogP contribution in [-0.2, 0) is 4.74 Å². The molecule has 1 aromatic heterocycles. The molecule has 16 heavy (non-hydrogen) atoms. The third-order valence-corrected chi connectivity index (χ3v) is 2.56. The molecule has 0 unspecified atom stereocenters. The highest BCUT2D eigenvalue weighted by atomic mass is 16.6. The van der Waals surface area contributed by atoms with Crippen molar-refractivity contribution in [2.45, 2.75) is 24.5 Å². The number of aliphatic hydroxyl groups excluding tert-OH is 3. The predicted molar refractivity (Wildman–Crippen MR) is 53.2 cm³/mol. The van der Waals surface area contributed by atoms with Crippen LogP contribution in [0.3, 0.4) is 0 Å². The Bertz CT molecular complexity index is 411. The number of aromatic nitrogens is 2. The molecule has 0 spiro atoms. The summed E-state index contributed by atoms with van der Waals surface area (Å²) in [6.45, 7) is -0.356. The number of nitrogens with zero attached hydrogens (tertiary/aromatic N) is 2. The van der Waals surface area contributed by atoms with Crippen molar-refractivity contribution in [2.75, 3.05) is 6.61 Å². The van der Waals surface area contributed by atoms with E-state index >= 15 is 0 Å². The standard InChI is InChI=1S/C10H12N2O4/c1-2-6-3-12(5-11-6)10-9(15)8(14)7(4-13)16-10/h1,3,5,7-10,13-15H,4H2/t7-,8-,9-,10-/m1/s1. The lowest BCUT2D eigenvalue weighted by Gasteiger charge is -2.15. The van der Waals surface area contributed by atoms with Gasteiger partial charge in [0.15, 0.2) is 6.23 Å². The number of hydrogen-bond acceptors (Lipinski definition) is 5. The molecule has 2 rings (SSSR count). The summed E-state index contributed by atoms with van der Waals surface area (Å²) in [5, 5.41) is 28.2. The number of imidazole rings is 1. The molecule has 1 saturated heterocycles. The molecule has 6 nitrogen and oxygen atoms in total. The second kappa shape index (κ2) is 4.23. The SMILES string of the molecule is C#Cc1cn([C@@H]2O[C@H](CO)[C@@H](O)[C@H]2O)cn1. The van der Waals surface area contributed by atoms with Crippen molar-refractivity contribution in [2.24, 2.45) is 0 Å². The van der Waals surface area contributed by atoms with Crippen LogP contribution in [-0.4, -0.2) is 49.8 Å². The lowest BCUT2D eigenvalue weighted by atomic mass is 10.1. The highest BCUT2D eigenvalue weighted by Crippen LogP contribution is 2.29. The fourth-order valence-electron chi connectivity index (χ4n) is 1.68. The Hall–Kier alpha value is -1.39. The van der Waals surface area contributed by atoms with Crippen molar-refractivity contribution in [1.82, 2.24) is 9.55 Å². The quantitative estimate of drug-likeness (QED) is 0.531. The summed E-state index contributed by atoms with van der Waals surface area (Å²) in [6.07, 6.45) is 4.30. The molecular formula is C10H12N2O4. The average Bonchev–Trinajstić information content (AvgIpc) is 2.86. The Balaban J connectivity index is 2.20. The van der Waals surface area contributed by atoms with Gasteiger partial charge >= 0.3 is 0 Å². The maximum Gasteiger partial charge on any atom is 0.164 e. The maximum absolute atomic E-state index is 9.71. The van der Waals surface area contributed by atoms with Crippen LogP contribution in [0, 0.1) is 12.3 Å². The molecule has 2 heterocycles. The Morgan fingerprint density at radius 1 is 1.50 bits per heavy atom. The van der Waals surface area contributed by atoms with Gasteiger partial charge in [0.25, 0.3) is 0 Å². The van der Waals surface area contributed by atoms with Crippen molar-refractivity contribution < 1.29 is 20.1 Å². The molecule has 0 radical (unpaired) electrons. The van der Waals surface area contributed by atoms with Crippen LogP contribution in [0.1, 0.15) is 11.9 Å². The monoisotopic (exact) mass is 224 g/mol. The summed E-state index contributed by atoms with van der Waals surface area (Å²) in [6, 6.07) is 0. The fraction of sp³-hybridized carbons (Fsp3) is 0.500. The first kappa shape index (κ1) is 11.1. The summed E-state index contributed by atoms with van der Waals surface area (Å²) in [7, 11) is 0. The Morgan fingerprint density at radius 3 is 2.75 bits per heavy atom. The van der Waals surface area contributed by atoms with Crippen LogP contribution < -0.4 is 0 Å². The Labute approximate surface area is 92.1 Å². The molecule has 0 amide bonds. The van der Waals surface area contributed by atoms with Crippen LogP contribution >= 0.6 is 0 Å². The van der Waals surface area contributed by atoms with Crippen LogP contribution in [0.5, 0.6) is 0 Å². The van der Waals surface area contributed by atoms with Gasteiger partial charge in [-0.3, -0.25) is 0 Å². The van der Waals surface area contributed by atoms with E-state index in [1.807, 2.05) is 0 Å². The predicted octanol–water partition coefficient (Wildman–Crippen LogP) is -1.52. The second-order valence-corrected chi connectivity index (χ2v) is 3.58. The lowest BCUT2D eigenvalue weighted by Crippen LogP contribution is -2.33. The first-order valence-corrected chi connectivity index (χ1v) is 4.80. The van der Waals surface area contributed by atoms with Gasteiger partial charge in [-0.25, -0.2) is 4.98 Å². The minimum absolute atomic E-state index is 0.356. The van der Waals surface area contributed by atoms with Gasteiger partial charge in [-0.1, -0.05) is 0 Å². The van der Waals surface area contributed by atoms with Gasteiger partial charge in [-0.15, -0.1) is 6.42 Å². The number of aliphatic hydroxyl groups is 3. The first-order chi connectivity index (χ1) is 7.67. The highest BCUT2D eigenvalue weighted by Gasteiger charge is 2.43. The van der Waals surface area contributed by atoms with Gasteiger partial charge in [0, 0.05) is 6.20 Å². The van der Waals surface area contributed by atoms with Crippen molar-refractivity contribution in [3.05, 3.63) is 18.2 Å². The minimum Gasteiger partial charge on any atom is -0.394 e. The van der Waals surface area contributed by atoms with E-state index in [1.54, 1.807) is 0 Å². The van der Waals surface area contributed by atoms with E-state index in [4.69, 9.17) is 16.3 Å². The minimum atomic E-state index is -1.12. The summed E-state index contributed by atoms with van der Waals surface area (Å²) >= 11 is 0. The maximum atomic E-state index is 9.71. The average molecular weight is 224 g/mol. The van der Waals surface area contributed by atoms with Gasteiger partial charge < -0.3 is 24.6 Å². The normalized spacial score (nSPS) is 33.9. The van der Waals surface area contributed by atoms with Crippen molar-refractivity contribution in [3.8, 4) is 12.3 Å². The van der Waals surface area contributed by atoms with Gasteiger partial charge in [-0.2, -0.15) is 0 Å². The van der Waals surface area contributed by atoms with E-state index in [-0.39, 0.29) is 6.61 Å². The van der Waals surface area contributed by atoms with E-state index < -0.39 is 24.5 Å². The Morgan fingerprint density at radius 2 is 2.25 bits per heavy atom. The van der Waals surface area contributed by atoms with Gasteiger partial charge in [0.05, 0.1) is 12.9 Å². The third-order valence-electron chi connectivity index (χ3n) is 2.56. The topological polar surface area (TPSA) is 87.7 Å². The molecule has 6 heteroatoms. The van der Waals surface area contributed by atoms with Crippen LogP contribution in [0.15, 0.2) is 12.5 Å². The van der Waals surface area contributed by atoms with Crippen molar-refractivity contribution >= 4 is 0 Å². The zero-order valence-electron chi connectivity index (χ0n) is 8.39. The third kappa shape index (κ3) is 1.70. The summed E-state index contributed by atoms with van der Waals surface area (Å²) in [5.74, 6) is 2.34. The summed E-state index contributed by atoms with van der Waals surface area (Å²) < 4.78 is 6.75. The van der Waals surface area contributed by atoms with Gasteiger partial charge in [0.1, 0.15) is 24.0 Å². The zero-order valence-corrected chi connectivity index (χ0v) is 8.39. The molecule has 1 aromatic rings. The number of ether oxygens (including phenoxy) is 1. The molecule has 0 saturated carbocycles. The van der Waals surface area contributed by atoms with Crippen LogP contribution in [0.4, 0.5) is 0 Å². The summed E-state index contributed by atoms with van der Waals surface area (Å²) in [5.41, 5.74) is 0.415. The molecule has 3 N–H and O–H groups in total. The van der Waals surface area contributed by atoms with Crippen LogP contribution in [0.25, 0.3) is 0 Å². The van der Waals surface area contributed by atoms with E-state index in [0.717, 1.165) is 0 Å². The van der Waals surface area contributed by atoms with Gasteiger partial charge in [-0.05, 0) is 5.92 Å². The molecule has 0 bridgehead atoms. The highest BCUT2D eigenvalue weighted by molar-refractivity contribution is 5.21. The summed E-state index contributed by atoms with van der Waals surface area (Å²) in [4.78, 5) is 3.88. The molecule has 1 aliphatic heterocycles. The molecular weight excluding hydrogens is 212 g/mol. The number of rotatable bonds is 2. The van der Waals surface area contributed by atoms with E-state index in [2.05, 4.69) is 10.9 Å². The second-order valence-electron chi connectivity index (χ2n) is 3.58. The van der Waals surface area contributed by atoms with Gasteiger partial charge in [0.2, 0.25) is 0 Å². The van der Waals surface area contributed by atoms with Crippen molar-refractivity contribution in [3.63, 3.8) is 0 Å². The van der Waals surface area contributed by atoms with Crippen LogP contribution in [0.2, 0.25) is 0 Å². The Kier molecular flexibility index (Phi) is 2.94. The molecule has 4 atom stereocenters. The van der Waals surface area contributed by atoms with E-state index in [1.165, 1.54) is 17.1 Å². The molecule has 0 aliphatic carbocycles. The number of terminal acetylenes is 1. The lowest BCUT2D eigenvalue weighted by molar-refractivity contribution is -0.0528. The molecule has 1 aliphatic rings. The zero-order chi connectivity index (χ0) is 11.7. The van der Waals surface area contributed by atoms with E-state index in [9.17, 15) is 10.2 Å². The van der Waals surface area contributed by atoms with Crippen molar-refractivity contribution in [1.29, 1.82) is 0 Å².